The zero-order valence-corrected chi connectivity index (χ0v) is 12.6. The zero-order valence-electron chi connectivity index (χ0n) is 12.6. The third-order valence-corrected chi connectivity index (χ3v) is 3.78. The fourth-order valence-corrected chi connectivity index (χ4v) is 2.54. The first-order valence-electron chi connectivity index (χ1n) is 7.43. The minimum absolute atomic E-state index is 0.0558. The summed E-state index contributed by atoms with van der Waals surface area (Å²) in [6.45, 7) is 5.85. The lowest BCUT2D eigenvalue weighted by atomic mass is 10.2. The maximum Gasteiger partial charge on any atom is 0.255 e. The number of hydrogen-bond acceptors (Lipinski definition) is 6. The number of carbonyl (C=O) groups excluding carboxylic acids is 1. The van der Waals surface area contributed by atoms with Gasteiger partial charge in [0, 0.05) is 58.5 Å². The van der Waals surface area contributed by atoms with Crippen LogP contribution in [-0.2, 0) is 6.42 Å². The quantitative estimate of drug-likeness (QED) is 0.830. The summed E-state index contributed by atoms with van der Waals surface area (Å²) >= 11 is 0. The number of hydrogen-bond donors (Lipinski definition) is 0. The summed E-state index contributed by atoms with van der Waals surface area (Å²) in [7, 11) is 0. The maximum atomic E-state index is 12.3. The Balaban J connectivity index is 1.47. The summed E-state index contributed by atoms with van der Waals surface area (Å²) < 4.78 is 5.37. The van der Waals surface area contributed by atoms with Gasteiger partial charge in [0.05, 0.1) is 5.56 Å². The number of aryl methyl sites for hydroxylation is 1. The van der Waals surface area contributed by atoms with Gasteiger partial charge in [-0.3, -0.25) is 14.7 Å². The van der Waals surface area contributed by atoms with E-state index in [0.717, 1.165) is 39.1 Å². The average Bonchev–Trinajstić information content (AvgIpc) is 2.99. The Bertz CT molecular complexity index is 620. The average molecular weight is 301 g/mol. The molecule has 0 saturated carbocycles. The molecule has 1 saturated heterocycles. The molecule has 116 valence electrons. The van der Waals surface area contributed by atoms with Crippen LogP contribution in [0.2, 0.25) is 0 Å². The van der Waals surface area contributed by atoms with Crippen molar-refractivity contribution in [1.82, 2.24) is 25.0 Å². The maximum absolute atomic E-state index is 12.3. The van der Waals surface area contributed by atoms with Gasteiger partial charge in [-0.2, -0.15) is 0 Å². The second-order valence-corrected chi connectivity index (χ2v) is 5.34. The first-order chi connectivity index (χ1) is 10.7. The molecular weight excluding hydrogens is 282 g/mol. The van der Waals surface area contributed by atoms with Crippen LogP contribution < -0.4 is 0 Å². The Hall–Kier alpha value is -2.28. The molecule has 0 bridgehead atoms. The highest BCUT2D eigenvalue weighted by Crippen LogP contribution is 2.09. The van der Waals surface area contributed by atoms with Crippen molar-refractivity contribution in [3.05, 3.63) is 41.9 Å². The van der Waals surface area contributed by atoms with Crippen LogP contribution >= 0.6 is 0 Å². The Morgan fingerprint density at radius 2 is 2.09 bits per heavy atom. The lowest BCUT2D eigenvalue weighted by Gasteiger charge is -2.34. The van der Waals surface area contributed by atoms with Crippen molar-refractivity contribution in [1.29, 1.82) is 0 Å². The SMILES string of the molecule is Cc1nnc(CCN2CCN(C(=O)c3cccnc3)CC2)o1. The molecule has 0 N–H and O–H groups in total. The monoisotopic (exact) mass is 301 g/mol. The zero-order chi connectivity index (χ0) is 15.4. The molecule has 7 heteroatoms. The molecule has 1 amide bonds. The van der Waals surface area contributed by atoms with Gasteiger partial charge in [0.2, 0.25) is 11.8 Å². The van der Waals surface area contributed by atoms with E-state index < -0.39 is 0 Å². The molecule has 2 aromatic heterocycles. The fourth-order valence-electron chi connectivity index (χ4n) is 2.54. The number of pyridine rings is 1. The highest BCUT2D eigenvalue weighted by molar-refractivity contribution is 5.93. The Labute approximate surface area is 129 Å². The van der Waals surface area contributed by atoms with Gasteiger partial charge in [0.1, 0.15) is 0 Å². The van der Waals surface area contributed by atoms with Crippen molar-refractivity contribution >= 4 is 5.91 Å². The molecule has 0 atom stereocenters. The van der Waals surface area contributed by atoms with E-state index in [1.54, 1.807) is 31.5 Å². The van der Waals surface area contributed by atoms with Crippen LogP contribution in [0.3, 0.4) is 0 Å². The molecule has 7 nitrogen and oxygen atoms in total. The highest BCUT2D eigenvalue weighted by atomic mass is 16.4. The van der Waals surface area contributed by atoms with Crippen LogP contribution in [0, 0.1) is 6.92 Å². The third kappa shape index (κ3) is 3.48. The minimum atomic E-state index is 0.0558. The number of piperazine rings is 1. The Morgan fingerprint density at radius 1 is 1.27 bits per heavy atom. The molecular formula is C15H19N5O2. The van der Waals surface area contributed by atoms with E-state index in [1.807, 2.05) is 4.90 Å². The van der Waals surface area contributed by atoms with Crippen LogP contribution in [0.1, 0.15) is 22.1 Å². The fraction of sp³-hybridized carbons (Fsp3) is 0.467. The summed E-state index contributed by atoms with van der Waals surface area (Å²) in [5.74, 6) is 1.33. The lowest BCUT2D eigenvalue weighted by molar-refractivity contribution is 0.0636. The number of rotatable bonds is 4. The standard InChI is InChI=1S/C15H19N5O2/c1-12-17-18-14(22-12)4-6-19-7-9-20(10-8-19)15(21)13-3-2-5-16-11-13/h2-3,5,11H,4,6-10H2,1H3. The van der Waals surface area contributed by atoms with Crippen LogP contribution in [0.5, 0.6) is 0 Å². The van der Waals surface area contributed by atoms with Gasteiger partial charge in [0.25, 0.3) is 5.91 Å². The molecule has 3 heterocycles. The molecule has 1 aliphatic rings. The van der Waals surface area contributed by atoms with E-state index in [9.17, 15) is 4.79 Å². The first kappa shape index (κ1) is 14.6. The molecule has 2 aromatic rings. The smallest absolute Gasteiger partial charge is 0.255 e. The predicted molar refractivity (Wildman–Crippen MR) is 79.3 cm³/mol. The second kappa shape index (κ2) is 6.65. The predicted octanol–water partition coefficient (Wildman–Crippen LogP) is 0.774. The minimum Gasteiger partial charge on any atom is -0.426 e. The first-order valence-corrected chi connectivity index (χ1v) is 7.43. The number of aromatic nitrogens is 3. The summed E-state index contributed by atoms with van der Waals surface area (Å²) in [5, 5.41) is 7.82. The number of amides is 1. The lowest BCUT2D eigenvalue weighted by Crippen LogP contribution is -2.49. The van der Waals surface area contributed by atoms with Crippen molar-refractivity contribution < 1.29 is 9.21 Å². The molecule has 0 unspecified atom stereocenters. The van der Waals surface area contributed by atoms with Crippen LogP contribution in [0.15, 0.2) is 28.9 Å². The van der Waals surface area contributed by atoms with Crippen molar-refractivity contribution in [2.24, 2.45) is 0 Å². The van der Waals surface area contributed by atoms with E-state index in [2.05, 4.69) is 20.1 Å². The summed E-state index contributed by atoms with van der Waals surface area (Å²) in [6, 6.07) is 3.59. The van der Waals surface area contributed by atoms with Crippen LogP contribution in [0.25, 0.3) is 0 Å². The normalized spacial score (nSPS) is 16.0. The molecule has 0 aliphatic carbocycles. The number of nitrogens with zero attached hydrogens (tertiary/aromatic N) is 5. The van der Waals surface area contributed by atoms with Gasteiger partial charge in [-0.1, -0.05) is 0 Å². The van der Waals surface area contributed by atoms with Gasteiger partial charge in [0.15, 0.2) is 0 Å². The van der Waals surface area contributed by atoms with E-state index in [-0.39, 0.29) is 5.91 Å². The van der Waals surface area contributed by atoms with Crippen molar-refractivity contribution in [2.45, 2.75) is 13.3 Å². The summed E-state index contributed by atoms with van der Waals surface area (Å²) in [6.07, 6.45) is 4.04. The molecule has 22 heavy (non-hydrogen) atoms. The van der Waals surface area contributed by atoms with Crippen molar-refractivity contribution in [2.75, 3.05) is 32.7 Å². The van der Waals surface area contributed by atoms with E-state index in [4.69, 9.17) is 4.42 Å². The molecule has 0 aromatic carbocycles. The Kier molecular flexibility index (Phi) is 4.43. The molecule has 0 spiro atoms. The largest absolute Gasteiger partial charge is 0.426 e. The van der Waals surface area contributed by atoms with E-state index >= 15 is 0 Å². The van der Waals surface area contributed by atoms with Gasteiger partial charge >= 0.3 is 0 Å². The Morgan fingerprint density at radius 3 is 2.73 bits per heavy atom. The third-order valence-electron chi connectivity index (χ3n) is 3.78. The highest BCUT2D eigenvalue weighted by Gasteiger charge is 2.22. The topological polar surface area (TPSA) is 75.4 Å². The van der Waals surface area contributed by atoms with E-state index in [0.29, 0.717) is 17.3 Å². The molecule has 0 radical (unpaired) electrons. The second-order valence-electron chi connectivity index (χ2n) is 5.34. The van der Waals surface area contributed by atoms with Gasteiger partial charge in [-0.15, -0.1) is 10.2 Å². The van der Waals surface area contributed by atoms with E-state index in [1.165, 1.54) is 0 Å². The van der Waals surface area contributed by atoms with Gasteiger partial charge < -0.3 is 9.32 Å². The molecule has 3 rings (SSSR count). The van der Waals surface area contributed by atoms with Gasteiger partial charge in [-0.25, -0.2) is 0 Å². The molecule has 1 fully saturated rings. The molecule has 1 aliphatic heterocycles. The van der Waals surface area contributed by atoms with Crippen LogP contribution in [0.4, 0.5) is 0 Å². The summed E-state index contributed by atoms with van der Waals surface area (Å²) in [4.78, 5) is 20.5. The summed E-state index contributed by atoms with van der Waals surface area (Å²) in [5.41, 5.74) is 0.650. The van der Waals surface area contributed by atoms with Crippen molar-refractivity contribution in [3.63, 3.8) is 0 Å². The van der Waals surface area contributed by atoms with Crippen LogP contribution in [-0.4, -0.2) is 63.6 Å². The van der Waals surface area contributed by atoms with Crippen molar-refractivity contribution in [3.8, 4) is 0 Å². The van der Waals surface area contributed by atoms with Gasteiger partial charge in [-0.05, 0) is 12.1 Å². The number of carbonyl (C=O) groups is 1.